The summed E-state index contributed by atoms with van der Waals surface area (Å²) in [5, 5.41) is 3.64. The van der Waals surface area contributed by atoms with Gasteiger partial charge in [0.2, 0.25) is 5.13 Å². The van der Waals surface area contributed by atoms with Gasteiger partial charge in [0.25, 0.3) is 0 Å². The lowest BCUT2D eigenvalue weighted by molar-refractivity contribution is 0.370. The molecule has 0 amide bonds. The van der Waals surface area contributed by atoms with Crippen molar-refractivity contribution in [3.8, 4) is 0 Å². The van der Waals surface area contributed by atoms with Crippen molar-refractivity contribution in [3.05, 3.63) is 40.7 Å². The van der Waals surface area contributed by atoms with Crippen LogP contribution in [0.3, 0.4) is 0 Å². The van der Waals surface area contributed by atoms with Gasteiger partial charge in [-0.1, -0.05) is 6.92 Å². The predicted molar refractivity (Wildman–Crippen MR) is 115 cm³/mol. The second-order valence-corrected chi connectivity index (χ2v) is 6.90. The minimum absolute atomic E-state index is 0. The first-order chi connectivity index (χ1) is 13.4. The van der Waals surface area contributed by atoms with Gasteiger partial charge in [0, 0.05) is 69.4 Å². The van der Waals surface area contributed by atoms with Crippen molar-refractivity contribution in [3.63, 3.8) is 0 Å². The summed E-state index contributed by atoms with van der Waals surface area (Å²) >= 11 is 1.36. The molecule has 3 rings (SSSR count). The van der Waals surface area contributed by atoms with Gasteiger partial charge in [0.15, 0.2) is 29.2 Å². The average molecular weight is 544 g/mol. The number of halogens is 5. The number of piperazine rings is 1. The first-order valence-corrected chi connectivity index (χ1v) is 9.56. The Labute approximate surface area is 187 Å². The molecule has 1 saturated heterocycles. The van der Waals surface area contributed by atoms with Crippen molar-refractivity contribution in [1.29, 1.82) is 0 Å². The molecule has 0 radical (unpaired) electrons. The smallest absolute Gasteiger partial charge is 0.205 e. The quantitative estimate of drug-likeness (QED) is 0.211. The van der Waals surface area contributed by atoms with Crippen LogP contribution in [0.5, 0.6) is 0 Å². The molecular weight excluding hydrogens is 523 g/mol. The molecule has 29 heavy (non-hydrogen) atoms. The number of aryl methyl sites for hydroxylation is 1. The van der Waals surface area contributed by atoms with Gasteiger partial charge in [-0.2, -0.15) is 4.37 Å². The first-order valence-electron chi connectivity index (χ1n) is 8.79. The third-order valence-corrected chi connectivity index (χ3v) is 5.28. The van der Waals surface area contributed by atoms with Gasteiger partial charge < -0.3 is 15.1 Å². The van der Waals surface area contributed by atoms with Crippen molar-refractivity contribution < 1.29 is 17.6 Å². The molecule has 2 aromatic rings. The van der Waals surface area contributed by atoms with Crippen LogP contribution < -0.4 is 10.2 Å². The number of nitrogens with one attached hydrogen (secondary N) is 1. The van der Waals surface area contributed by atoms with Gasteiger partial charge in [-0.3, -0.25) is 4.99 Å². The number of benzene rings is 1. The summed E-state index contributed by atoms with van der Waals surface area (Å²) < 4.78 is 58.6. The van der Waals surface area contributed by atoms with Crippen molar-refractivity contribution in [2.24, 2.45) is 4.99 Å². The number of rotatable bonds is 4. The second-order valence-electron chi connectivity index (χ2n) is 6.17. The highest BCUT2D eigenvalue weighted by Gasteiger charge is 2.23. The fourth-order valence-electron chi connectivity index (χ4n) is 2.90. The van der Waals surface area contributed by atoms with Gasteiger partial charge in [0.05, 0.1) is 0 Å². The minimum atomic E-state index is -1.43. The SMILES string of the molecule is CCc1nsc(N2CCN(C(=NC)NCc3c(F)c(F)cc(F)c3F)CC2)n1.I. The standard InChI is InChI=1S/C17H20F4N6S.HI/c1-3-13-24-17(28-25-13)27-6-4-26(5-7-27)16(22-2)23-9-10-14(20)11(18)8-12(19)15(10)21;/h8H,3-7,9H2,1-2H3,(H,22,23);1H. The monoisotopic (exact) mass is 544 g/mol. The number of aromatic nitrogens is 2. The molecule has 0 atom stereocenters. The number of hydrogen-bond donors (Lipinski definition) is 1. The molecule has 6 nitrogen and oxygen atoms in total. The molecule has 2 heterocycles. The van der Waals surface area contributed by atoms with Crippen LogP contribution in [0.25, 0.3) is 0 Å². The molecule has 12 heteroatoms. The maximum Gasteiger partial charge on any atom is 0.205 e. The zero-order chi connectivity index (χ0) is 20.3. The van der Waals surface area contributed by atoms with Crippen molar-refractivity contribution in [2.75, 3.05) is 38.1 Å². The van der Waals surface area contributed by atoms with Crippen molar-refractivity contribution in [1.82, 2.24) is 19.6 Å². The summed E-state index contributed by atoms with van der Waals surface area (Å²) in [6.07, 6.45) is 0.779. The van der Waals surface area contributed by atoms with Crippen molar-refractivity contribution in [2.45, 2.75) is 19.9 Å². The summed E-state index contributed by atoms with van der Waals surface area (Å²) in [6.45, 7) is 4.13. The van der Waals surface area contributed by atoms with E-state index in [1.807, 2.05) is 11.8 Å². The lowest BCUT2D eigenvalue weighted by atomic mass is 10.2. The van der Waals surface area contributed by atoms with Crippen LogP contribution in [0.1, 0.15) is 18.3 Å². The van der Waals surface area contributed by atoms with Gasteiger partial charge >= 0.3 is 0 Å². The number of guanidine groups is 1. The number of aliphatic imine (C=N–C) groups is 1. The molecule has 0 saturated carbocycles. The molecule has 1 aliphatic rings. The Balaban J connectivity index is 0.00000300. The topological polar surface area (TPSA) is 56.7 Å². The van der Waals surface area contributed by atoms with E-state index in [0.29, 0.717) is 32.1 Å². The van der Waals surface area contributed by atoms with Crippen molar-refractivity contribution >= 4 is 46.6 Å². The van der Waals surface area contributed by atoms with E-state index >= 15 is 0 Å². The van der Waals surface area contributed by atoms with Gasteiger partial charge in [-0.25, -0.2) is 22.5 Å². The third-order valence-electron chi connectivity index (χ3n) is 4.46. The predicted octanol–water partition coefficient (Wildman–Crippen LogP) is 3.17. The van der Waals surface area contributed by atoms with E-state index in [9.17, 15) is 17.6 Å². The maximum atomic E-state index is 13.8. The Morgan fingerprint density at radius 3 is 2.28 bits per heavy atom. The molecule has 0 aliphatic carbocycles. The van der Waals surface area contributed by atoms with Crippen LogP contribution in [0, 0.1) is 23.3 Å². The molecule has 1 aromatic carbocycles. The summed E-state index contributed by atoms with van der Waals surface area (Å²) in [7, 11) is 1.53. The highest BCUT2D eigenvalue weighted by atomic mass is 127. The largest absolute Gasteiger partial charge is 0.352 e. The molecule has 1 N–H and O–H groups in total. The van der Waals surface area contributed by atoms with E-state index in [0.717, 1.165) is 17.4 Å². The molecule has 1 aromatic heterocycles. The summed E-state index contributed by atoms with van der Waals surface area (Å²) in [4.78, 5) is 12.6. The Morgan fingerprint density at radius 2 is 1.76 bits per heavy atom. The molecule has 0 unspecified atom stereocenters. The molecular formula is C17H21F4IN6S. The lowest BCUT2D eigenvalue weighted by Crippen LogP contribution is -2.52. The molecule has 1 aliphatic heterocycles. The number of hydrogen-bond acceptors (Lipinski definition) is 5. The Bertz CT molecular complexity index is 844. The number of anilines is 1. The minimum Gasteiger partial charge on any atom is -0.352 e. The summed E-state index contributed by atoms with van der Waals surface area (Å²) in [5.41, 5.74) is -0.696. The maximum absolute atomic E-state index is 13.8. The normalized spacial score (nSPS) is 14.8. The van der Waals surface area contributed by atoms with Gasteiger partial charge in [0.1, 0.15) is 5.82 Å². The van der Waals surface area contributed by atoms with E-state index in [-0.39, 0.29) is 30.0 Å². The van der Waals surface area contributed by atoms with Gasteiger partial charge in [-0.05, 0) is 0 Å². The van der Waals surface area contributed by atoms with Crippen LogP contribution >= 0.6 is 35.5 Å². The summed E-state index contributed by atoms with van der Waals surface area (Å²) in [6, 6.07) is 0.194. The zero-order valence-electron chi connectivity index (χ0n) is 15.9. The molecule has 0 bridgehead atoms. The third kappa shape index (κ3) is 5.27. The Hall–Kier alpha value is -1.70. The highest BCUT2D eigenvalue weighted by Crippen LogP contribution is 2.21. The van der Waals surface area contributed by atoms with E-state index in [2.05, 4.69) is 24.6 Å². The van der Waals surface area contributed by atoms with Crippen LogP contribution in [-0.2, 0) is 13.0 Å². The van der Waals surface area contributed by atoms with Gasteiger partial charge in [-0.15, -0.1) is 24.0 Å². The van der Waals surface area contributed by atoms with Crippen LogP contribution in [0.2, 0.25) is 0 Å². The average Bonchev–Trinajstić information content (AvgIpc) is 3.19. The first kappa shape index (κ1) is 23.6. The highest BCUT2D eigenvalue weighted by molar-refractivity contribution is 14.0. The lowest BCUT2D eigenvalue weighted by Gasteiger charge is -2.36. The van der Waals surface area contributed by atoms with Crippen LogP contribution in [-0.4, -0.2) is 53.4 Å². The Kier molecular flexibility index (Phi) is 8.43. The molecule has 160 valence electrons. The van der Waals surface area contributed by atoms with E-state index in [1.54, 1.807) is 0 Å². The van der Waals surface area contributed by atoms with Crippen LogP contribution in [0.4, 0.5) is 22.7 Å². The van der Waals surface area contributed by atoms with E-state index in [4.69, 9.17) is 0 Å². The molecule has 0 spiro atoms. The molecule has 1 fully saturated rings. The fourth-order valence-corrected chi connectivity index (χ4v) is 3.71. The summed E-state index contributed by atoms with van der Waals surface area (Å²) in [5.74, 6) is -4.46. The fraction of sp³-hybridized carbons (Fsp3) is 0.471. The van der Waals surface area contributed by atoms with Crippen LogP contribution in [0.15, 0.2) is 11.1 Å². The number of nitrogens with zero attached hydrogens (tertiary/aromatic N) is 5. The second kappa shape index (κ2) is 10.4. The van der Waals surface area contributed by atoms with E-state index in [1.165, 1.54) is 18.6 Å². The zero-order valence-corrected chi connectivity index (χ0v) is 19.0. The Morgan fingerprint density at radius 1 is 1.14 bits per heavy atom. The van der Waals surface area contributed by atoms with E-state index < -0.39 is 35.4 Å².